The summed E-state index contributed by atoms with van der Waals surface area (Å²) >= 11 is 6.15. The maximum Gasteiger partial charge on any atom is 0.260 e. The van der Waals surface area contributed by atoms with Gasteiger partial charge in [-0.05, 0) is 30.0 Å². The number of anilines is 2. The van der Waals surface area contributed by atoms with Crippen LogP contribution in [0.15, 0.2) is 48.7 Å². The summed E-state index contributed by atoms with van der Waals surface area (Å²) in [7, 11) is 1.77. The van der Waals surface area contributed by atoms with Crippen LogP contribution < -0.4 is 9.80 Å². The molecule has 1 aromatic heterocycles. The minimum Gasteiger partial charge on any atom is -0.378 e. The van der Waals surface area contributed by atoms with Gasteiger partial charge in [0, 0.05) is 42.4 Å². The van der Waals surface area contributed by atoms with E-state index in [4.69, 9.17) is 16.3 Å². The van der Waals surface area contributed by atoms with Crippen molar-refractivity contribution in [3.63, 3.8) is 0 Å². The summed E-state index contributed by atoms with van der Waals surface area (Å²) in [5.74, 6) is 0.791. The topological polar surface area (TPSA) is 45.7 Å². The van der Waals surface area contributed by atoms with Crippen molar-refractivity contribution in [3.8, 4) is 0 Å². The van der Waals surface area contributed by atoms with E-state index in [0.29, 0.717) is 23.8 Å². The van der Waals surface area contributed by atoms with E-state index in [2.05, 4.69) is 9.88 Å². The van der Waals surface area contributed by atoms with Gasteiger partial charge < -0.3 is 14.5 Å². The fourth-order valence-corrected chi connectivity index (χ4v) is 3.78. The highest BCUT2D eigenvalue weighted by Gasteiger charge is 2.22. The minimum atomic E-state index is -0.109. The van der Waals surface area contributed by atoms with Gasteiger partial charge in [-0.25, -0.2) is 4.98 Å². The maximum atomic E-state index is 13.3. The van der Waals surface area contributed by atoms with Gasteiger partial charge in [-0.15, -0.1) is 0 Å². The van der Waals surface area contributed by atoms with Crippen LogP contribution >= 0.6 is 11.6 Å². The first-order valence-corrected chi connectivity index (χ1v) is 9.68. The molecule has 1 aliphatic heterocycles. The smallest absolute Gasteiger partial charge is 0.260 e. The molecule has 0 aliphatic carbocycles. The number of hydrogen-bond donors (Lipinski definition) is 0. The zero-order valence-corrected chi connectivity index (χ0v) is 16.7. The van der Waals surface area contributed by atoms with E-state index >= 15 is 0 Å². The third-order valence-electron chi connectivity index (χ3n) is 5.15. The number of aryl methyl sites for hydroxylation is 1. The van der Waals surface area contributed by atoms with E-state index in [1.165, 1.54) is 0 Å². The predicted octanol–water partition coefficient (Wildman–Crippen LogP) is 4.31. The van der Waals surface area contributed by atoms with Crippen molar-refractivity contribution in [2.75, 3.05) is 43.2 Å². The Morgan fingerprint density at radius 1 is 1.14 bits per heavy atom. The van der Waals surface area contributed by atoms with Crippen LogP contribution in [-0.2, 0) is 4.74 Å². The highest BCUT2D eigenvalue weighted by atomic mass is 35.5. The normalized spacial score (nSPS) is 14.3. The number of hydrogen-bond acceptors (Lipinski definition) is 4. The lowest BCUT2D eigenvalue weighted by Crippen LogP contribution is -2.37. The Morgan fingerprint density at radius 3 is 2.61 bits per heavy atom. The number of halogens is 1. The third-order valence-corrected chi connectivity index (χ3v) is 5.39. The number of carbonyl (C=O) groups excluding carboxylic acids is 1. The van der Waals surface area contributed by atoms with E-state index in [1.54, 1.807) is 18.1 Å². The predicted molar refractivity (Wildman–Crippen MR) is 114 cm³/mol. The number of aromatic nitrogens is 1. The van der Waals surface area contributed by atoms with Gasteiger partial charge in [-0.2, -0.15) is 0 Å². The molecular weight excluding hydrogens is 374 g/mol. The number of benzene rings is 2. The molecule has 0 saturated carbocycles. The molecule has 2 aromatic carbocycles. The van der Waals surface area contributed by atoms with Crippen LogP contribution in [-0.4, -0.2) is 44.2 Å². The molecule has 0 N–H and O–H groups in total. The molecule has 6 heteroatoms. The molecule has 5 nitrogen and oxygen atoms in total. The van der Waals surface area contributed by atoms with E-state index in [-0.39, 0.29) is 5.91 Å². The summed E-state index contributed by atoms with van der Waals surface area (Å²) in [4.78, 5) is 21.8. The van der Waals surface area contributed by atoms with E-state index in [9.17, 15) is 4.79 Å². The minimum absolute atomic E-state index is 0.109. The second kappa shape index (κ2) is 7.78. The molecule has 28 heavy (non-hydrogen) atoms. The van der Waals surface area contributed by atoms with E-state index in [0.717, 1.165) is 40.9 Å². The number of nitrogens with zero attached hydrogens (tertiary/aromatic N) is 3. The quantitative estimate of drug-likeness (QED) is 0.663. The van der Waals surface area contributed by atoms with Crippen molar-refractivity contribution in [2.45, 2.75) is 6.92 Å². The van der Waals surface area contributed by atoms with Gasteiger partial charge in [-0.3, -0.25) is 4.79 Å². The van der Waals surface area contributed by atoms with Crippen LogP contribution in [0.5, 0.6) is 0 Å². The monoisotopic (exact) mass is 395 g/mol. The Morgan fingerprint density at radius 2 is 1.86 bits per heavy atom. The van der Waals surface area contributed by atoms with Crippen LogP contribution in [0.3, 0.4) is 0 Å². The van der Waals surface area contributed by atoms with Crippen molar-refractivity contribution in [1.29, 1.82) is 0 Å². The fraction of sp³-hybridized carbons (Fsp3) is 0.273. The SMILES string of the molecule is Cc1ccc(Cl)cc1N(C)C(=O)c1cnc(N2CCOCC2)c2ccccc12. The number of ether oxygens (including phenoxy) is 1. The van der Waals surface area contributed by atoms with Gasteiger partial charge in [-0.1, -0.05) is 41.9 Å². The van der Waals surface area contributed by atoms with Crippen molar-refractivity contribution in [2.24, 2.45) is 0 Å². The highest BCUT2D eigenvalue weighted by Crippen LogP contribution is 2.30. The molecule has 1 amide bonds. The molecule has 3 aromatic rings. The summed E-state index contributed by atoms with van der Waals surface area (Å²) in [5, 5.41) is 2.48. The number of morpholine rings is 1. The number of rotatable bonds is 3. The zero-order chi connectivity index (χ0) is 19.7. The summed E-state index contributed by atoms with van der Waals surface area (Å²) in [6.45, 7) is 4.94. The van der Waals surface area contributed by atoms with E-state index in [1.807, 2.05) is 49.4 Å². The molecule has 0 atom stereocenters. The number of fused-ring (bicyclic) bond motifs is 1. The molecule has 0 spiro atoms. The van der Waals surface area contributed by atoms with Gasteiger partial charge in [0.05, 0.1) is 18.8 Å². The van der Waals surface area contributed by atoms with Crippen LogP contribution in [0.1, 0.15) is 15.9 Å². The zero-order valence-electron chi connectivity index (χ0n) is 16.0. The number of pyridine rings is 1. The third kappa shape index (κ3) is 3.43. The summed E-state index contributed by atoms with van der Waals surface area (Å²) in [5.41, 5.74) is 2.36. The highest BCUT2D eigenvalue weighted by molar-refractivity contribution is 6.31. The first-order chi connectivity index (χ1) is 13.6. The first kappa shape index (κ1) is 18.7. The van der Waals surface area contributed by atoms with Crippen LogP contribution in [0.2, 0.25) is 5.02 Å². The van der Waals surface area contributed by atoms with Gasteiger partial charge in [0.25, 0.3) is 5.91 Å². The molecule has 0 unspecified atom stereocenters. The molecule has 0 radical (unpaired) electrons. The Balaban J connectivity index is 1.76. The summed E-state index contributed by atoms with van der Waals surface area (Å²) in [6.07, 6.45) is 1.69. The van der Waals surface area contributed by atoms with Crippen LogP contribution in [0.25, 0.3) is 10.8 Å². The second-order valence-electron chi connectivity index (χ2n) is 6.94. The van der Waals surface area contributed by atoms with E-state index < -0.39 is 0 Å². The maximum absolute atomic E-state index is 13.3. The Labute approximate surface area is 169 Å². The molecule has 2 heterocycles. The standard InChI is InChI=1S/C22H22ClN3O2/c1-15-7-8-16(23)13-20(15)25(2)22(27)19-14-24-21(26-9-11-28-12-10-26)18-6-4-3-5-17(18)19/h3-8,13-14H,9-12H2,1-2H3. The van der Waals surface area contributed by atoms with Crippen molar-refractivity contribution < 1.29 is 9.53 Å². The Kier molecular flexibility index (Phi) is 5.20. The van der Waals surface area contributed by atoms with Gasteiger partial charge >= 0.3 is 0 Å². The molecule has 0 bridgehead atoms. The van der Waals surface area contributed by atoms with Crippen molar-refractivity contribution in [1.82, 2.24) is 4.98 Å². The Hall–Kier alpha value is -2.63. The average molecular weight is 396 g/mol. The van der Waals surface area contributed by atoms with Crippen LogP contribution in [0.4, 0.5) is 11.5 Å². The molecule has 1 aliphatic rings. The Bertz CT molecular complexity index is 1030. The van der Waals surface area contributed by atoms with Gasteiger partial charge in [0.15, 0.2) is 0 Å². The molecule has 1 fully saturated rings. The average Bonchev–Trinajstić information content (AvgIpc) is 2.74. The molecule has 1 saturated heterocycles. The van der Waals surface area contributed by atoms with Gasteiger partial charge in [0.2, 0.25) is 0 Å². The molecule has 144 valence electrons. The first-order valence-electron chi connectivity index (χ1n) is 9.31. The fourth-order valence-electron chi connectivity index (χ4n) is 3.61. The number of carbonyl (C=O) groups is 1. The van der Waals surface area contributed by atoms with Crippen molar-refractivity contribution in [3.05, 3.63) is 64.8 Å². The number of amides is 1. The van der Waals surface area contributed by atoms with Crippen molar-refractivity contribution >= 4 is 39.8 Å². The molecular formula is C22H22ClN3O2. The lowest BCUT2D eigenvalue weighted by Gasteiger charge is -2.29. The lowest BCUT2D eigenvalue weighted by molar-refractivity contribution is 0.0994. The second-order valence-corrected chi connectivity index (χ2v) is 7.37. The molecule has 4 rings (SSSR count). The lowest BCUT2D eigenvalue weighted by atomic mass is 10.0. The largest absolute Gasteiger partial charge is 0.378 e. The van der Waals surface area contributed by atoms with Crippen LogP contribution in [0, 0.1) is 6.92 Å². The summed E-state index contributed by atoms with van der Waals surface area (Å²) < 4.78 is 5.46. The summed E-state index contributed by atoms with van der Waals surface area (Å²) in [6, 6.07) is 13.5. The van der Waals surface area contributed by atoms with Gasteiger partial charge in [0.1, 0.15) is 5.82 Å².